The zero-order valence-electron chi connectivity index (χ0n) is 5.61. The summed E-state index contributed by atoms with van der Waals surface area (Å²) in [5.74, 6) is 0. The fourth-order valence-corrected chi connectivity index (χ4v) is 1.72. The first-order valence-corrected chi connectivity index (χ1v) is 4.17. The molecule has 0 saturated heterocycles. The van der Waals surface area contributed by atoms with Gasteiger partial charge in [-0.1, -0.05) is 34.8 Å². The van der Waals surface area contributed by atoms with Gasteiger partial charge in [-0.2, -0.15) is 5.10 Å². The summed E-state index contributed by atoms with van der Waals surface area (Å²) in [7, 11) is 0. The molecule has 2 aromatic heterocycles. The number of H-pyrrole nitrogens is 1. The van der Waals surface area contributed by atoms with Gasteiger partial charge < -0.3 is 0 Å². The van der Waals surface area contributed by atoms with Gasteiger partial charge in [-0.3, -0.25) is 5.10 Å². The first-order valence-electron chi connectivity index (χ1n) is 3.04. The van der Waals surface area contributed by atoms with E-state index in [1.807, 2.05) is 0 Å². The first kappa shape index (κ1) is 8.10. The number of fused-ring (bicyclic) bond motifs is 1. The van der Waals surface area contributed by atoms with Crippen molar-refractivity contribution in [2.45, 2.75) is 0 Å². The minimum Gasteiger partial charge on any atom is -0.266 e. The zero-order chi connectivity index (χ0) is 8.72. The standard InChI is InChI=1S/C6H2Cl3N3/c7-3-1-2-4(5(8)10-3)6(9)12-11-2/h1H,(H,11,12). The molecule has 3 nitrogen and oxygen atoms in total. The second kappa shape index (κ2) is 2.76. The summed E-state index contributed by atoms with van der Waals surface area (Å²) in [5, 5.41) is 7.99. The van der Waals surface area contributed by atoms with Gasteiger partial charge in [0.25, 0.3) is 0 Å². The molecular weight excluding hydrogens is 220 g/mol. The average molecular weight is 222 g/mol. The third-order valence-electron chi connectivity index (χ3n) is 1.42. The minimum atomic E-state index is 0.260. The highest BCUT2D eigenvalue weighted by Crippen LogP contribution is 2.28. The Morgan fingerprint density at radius 1 is 1.25 bits per heavy atom. The van der Waals surface area contributed by atoms with E-state index in [2.05, 4.69) is 15.2 Å². The number of aromatic nitrogens is 3. The number of nitrogens with one attached hydrogen (secondary N) is 1. The van der Waals surface area contributed by atoms with E-state index < -0.39 is 0 Å². The van der Waals surface area contributed by atoms with Gasteiger partial charge in [-0.05, 0) is 0 Å². The molecule has 0 aliphatic carbocycles. The van der Waals surface area contributed by atoms with Gasteiger partial charge in [0.15, 0.2) is 0 Å². The van der Waals surface area contributed by atoms with Crippen molar-refractivity contribution in [2.75, 3.05) is 0 Å². The van der Waals surface area contributed by atoms with Crippen LogP contribution in [0.5, 0.6) is 0 Å². The third kappa shape index (κ3) is 1.14. The molecule has 0 bridgehead atoms. The highest BCUT2D eigenvalue weighted by Gasteiger charge is 2.09. The van der Waals surface area contributed by atoms with Gasteiger partial charge >= 0.3 is 0 Å². The van der Waals surface area contributed by atoms with E-state index in [0.29, 0.717) is 21.2 Å². The fraction of sp³-hybridized carbons (Fsp3) is 0. The lowest BCUT2D eigenvalue weighted by atomic mass is 10.3. The van der Waals surface area contributed by atoms with Crippen molar-refractivity contribution in [1.82, 2.24) is 15.2 Å². The molecule has 2 aromatic rings. The molecule has 0 amide bonds. The second-order valence-electron chi connectivity index (χ2n) is 2.17. The smallest absolute Gasteiger partial charge is 0.143 e. The van der Waals surface area contributed by atoms with Crippen LogP contribution in [-0.4, -0.2) is 15.2 Å². The second-order valence-corrected chi connectivity index (χ2v) is 3.29. The molecule has 0 aliphatic rings. The molecule has 0 fully saturated rings. The highest BCUT2D eigenvalue weighted by molar-refractivity contribution is 6.41. The Balaban J connectivity index is 2.93. The quantitative estimate of drug-likeness (QED) is 0.696. The Morgan fingerprint density at radius 3 is 2.75 bits per heavy atom. The minimum absolute atomic E-state index is 0.260. The first-order chi connectivity index (χ1) is 5.68. The maximum atomic E-state index is 5.77. The molecule has 2 heterocycles. The van der Waals surface area contributed by atoms with Crippen LogP contribution < -0.4 is 0 Å². The summed E-state index contributed by atoms with van der Waals surface area (Å²) in [6.45, 7) is 0. The summed E-state index contributed by atoms with van der Waals surface area (Å²) >= 11 is 17.2. The van der Waals surface area contributed by atoms with Crippen LogP contribution in [0, 0.1) is 0 Å². The van der Waals surface area contributed by atoms with Crippen LogP contribution in [-0.2, 0) is 0 Å². The van der Waals surface area contributed by atoms with Gasteiger partial charge in [0.05, 0.1) is 10.9 Å². The normalized spacial score (nSPS) is 10.9. The Hall–Kier alpha value is -0.510. The maximum absolute atomic E-state index is 5.77. The number of halogens is 3. The van der Waals surface area contributed by atoms with Gasteiger partial charge in [-0.25, -0.2) is 4.98 Å². The molecular formula is C6H2Cl3N3. The van der Waals surface area contributed by atoms with E-state index in [1.165, 1.54) is 0 Å². The van der Waals surface area contributed by atoms with Crippen LogP contribution >= 0.6 is 34.8 Å². The van der Waals surface area contributed by atoms with Crippen molar-refractivity contribution in [3.8, 4) is 0 Å². The molecule has 6 heteroatoms. The Morgan fingerprint density at radius 2 is 2.00 bits per heavy atom. The van der Waals surface area contributed by atoms with E-state index >= 15 is 0 Å². The van der Waals surface area contributed by atoms with Crippen LogP contribution in [0.25, 0.3) is 10.9 Å². The number of hydrogen-bond acceptors (Lipinski definition) is 2. The molecule has 0 aromatic carbocycles. The molecule has 0 spiro atoms. The Labute approximate surface area is 82.6 Å². The van der Waals surface area contributed by atoms with Crippen molar-refractivity contribution in [3.05, 3.63) is 21.5 Å². The molecule has 1 N–H and O–H groups in total. The topological polar surface area (TPSA) is 41.6 Å². The molecule has 0 aliphatic heterocycles. The SMILES string of the molecule is Clc1cc2n[nH]c(Cl)c2c(Cl)n1. The van der Waals surface area contributed by atoms with E-state index in [4.69, 9.17) is 34.8 Å². The lowest BCUT2D eigenvalue weighted by Crippen LogP contribution is -1.77. The molecule has 12 heavy (non-hydrogen) atoms. The molecule has 0 unspecified atom stereocenters. The molecule has 62 valence electrons. The Kier molecular flexibility index (Phi) is 1.87. The molecule has 0 radical (unpaired) electrons. The largest absolute Gasteiger partial charge is 0.266 e. The van der Waals surface area contributed by atoms with Crippen LogP contribution in [0.4, 0.5) is 0 Å². The van der Waals surface area contributed by atoms with Crippen LogP contribution in [0.3, 0.4) is 0 Å². The van der Waals surface area contributed by atoms with E-state index in [-0.39, 0.29) is 5.15 Å². The monoisotopic (exact) mass is 221 g/mol. The van der Waals surface area contributed by atoms with Crippen molar-refractivity contribution >= 4 is 45.7 Å². The molecule has 0 saturated carbocycles. The third-order valence-corrected chi connectivity index (χ3v) is 2.16. The highest BCUT2D eigenvalue weighted by atomic mass is 35.5. The number of hydrogen-bond donors (Lipinski definition) is 1. The van der Waals surface area contributed by atoms with Crippen molar-refractivity contribution in [3.63, 3.8) is 0 Å². The predicted octanol–water partition coefficient (Wildman–Crippen LogP) is 2.92. The van der Waals surface area contributed by atoms with Crippen LogP contribution in [0.2, 0.25) is 15.5 Å². The molecule has 2 rings (SSSR count). The number of rotatable bonds is 0. The van der Waals surface area contributed by atoms with Gasteiger partial charge in [-0.15, -0.1) is 0 Å². The number of nitrogens with zero attached hydrogens (tertiary/aromatic N) is 2. The fourth-order valence-electron chi connectivity index (χ4n) is 0.929. The van der Waals surface area contributed by atoms with Gasteiger partial charge in [0.2, 0.25) is 0 Å². The lowest BCUT2D eigenvalue weighted by Gasteiger charge is -1.92. The predicted molar refractivity (Wildman–Crippen MR) is 48.9 cm³/mol. The summed E-state index contributed by atoms with van der Waals surface area (Å²) in [6.07, 6.45) is 0. The summed E-state index contributed by atoms with van der Waals surface area (Å²) < 4.78 is 0. The van der Waals surface area contributed by atoms with E-state index in [0.717, 1.165) is 0 Å². The van der Waals surface area contributed by atoms with Crippen molar-refractivity contribution in [1.29, 1.82) is 0 Å². The Bertz CT molecular complexity index is 437. The van der Waals surface area contributed by atoms with Crippen LogP contribution in [0.15, 0.2) is 6.07 Å². The van der Waals surface area contributed by atoms with E-state index in [1.54, 1.807) is 6.07 Å². The number of pyridine rings is 1. The van der Waals surface area contributed by atoms with Gasteiger partial charge in [0, 0.05) is 6.07 Å². The summed E-state index contributed by atoms with van der Waals surface area (Å²) in [6, 6.07) is 1.59. The van der Waals surface area contributed by atoms with E-state index in [9.17, 15) is 0 Å². The average Bonchev–Trinajstić information content (AvgIpc) is 2.31. The van der Waals surface area contributed by atoms with Crippen molar-refractivity contribution in [2.24, 2.45) is 0 Å². The molecule has 0 atom stereocenters. The summed E-state index contributed by atoms with van der Waals surface area (Å²) in [4.78, 5) is 3.82. The maximum Gasteiger partial charge on any atom is 0.143 e. The summed E-state index contributed by atoms with van der Waals surface area (Å²) in [5.41, 5.74) is 0.616. The lowest BCUT2D eigenvalue weighted by molar-refractivity contribution is 1.12. The van der Waals surface area contributed by atoms with Crippen molar-refractivity contribution < 1.29 is 0 Å². The zero-order valence-corrected chi connectivity index (χ0v) is 7.87. The number of aromatic amines is 1. The van der Waals surface area contributed by atoms with Gasteiger partial charge in [0.1, 0.15) is 15.5 Å². The van der Waals surface area contributed by atoms with Crippen LogP contribution in [0.1, 0.15) is 0 Å².